The number of aromatic nitrogens is 3. The van der Waals surface area contributed by atoms with Crippen LogP contribution in [0.25, 0.3) is 5.69 Å². The fourth-order valence-corrected chi connectivity index (χ4v) is 2.88. The predicted octanol–water partition coefficient (Wildman–Crippen LogP) is 4.14. The SMILES string of the molecule is Cc1c(C(=O)Nc2cccc(SC(F)F)c2)cnn1-c1ccncc1. The average molecular weight is 360 g/mol. The highest BCUT2D eigenvalue weighted by Gasteiger charge is 2.16. The van der Waals surface area contributed by atoms with Crippen molar-refractivity contribution < 1.29 is 13.6 Å². The van der Waals surface area contributed by atoms with Crippen molar-refractivity contribution in [3.05, 3.63) is 66.2 Å². The van der Waals surface area contributed by atoms with Gasteiger partial charge >= 0.3 is 0 Å². The first-order valence-electron chi connectivity index (χ1n) is 7.36. The number of nitrogens with one attached hydrogen (secondary N) is 1. The molecule has 0 aliphatic carbocycles. The number of pyridine rings is 1. The van der Waals surface area contributed by atoms with Crippen LogP contribution in [0.3, 0.4) is 0 Å². The number of rotatable bonds is 5. The summed E-state index contributed by atoms with van der Waals surface area (Å²) in [6.45, 7) is 1.78. The Morgan fingerprint density at radius 1 is 1.24 bits per heavy atom. The van der Waals surface area contributed by atoms with E-state index in [0.717, 1.165) is 5.69 Å². The van der Waals surface area contributed by atoms with Crippen LogP contribution in [0.5, 0.6) is 0 Å². The molecule has 0 radical (unpaired) electrons. The third kappa shape index (κ3) is 4.03. The number of hydrogen-bond acceptors (Lipinski definition) is 4. The normalized spacial score (nSPS) is 10.9. The number of carbonyl (C=O) groups is 1. The van der Waals surface area contributed by atoms with Gasteiger partial charge in [0.15, 0.2) is 0 Å². The standard InChI is InChI=1S/C17H14F2N4OS/c1-11-15(10-21-23(11)13-5-7-20-8-6-13)16(24)22-12-3-2-4-14(9-12)25-17(18)19/h2-10,17H,1H3,(H,22,24). The maximum Gasteiger partial charge on any atom is 0.288 e. The molecule has 2 aromatic heterocycles. The number of amides is 1. The van der Waals surface area contributed by atoms with E-state index in [2.05, 4.69) is 15.4 Å². The van der Waals surface area contributed by atoms with Crippen LogP contribution in [0.4, 0.5) is 14.5 Å². The molecule has 25 heavy (non-hydrogen) atoms. The topological polar surface area (TPSA) is 59.8 Å². The number of hydrogen-bond donors (Lipinski definition) is 1. The zero-order chi connectivity index (χ0) is 17.8. The van der Waals surface area contributed by atoms with E-state index in [0.29, 0.717) is 33.6 Å². The number of thioether (sulfide) groups is 1. The van der Waals surface area contributed by atoms with Gasteiger partial charge in [-0.3, -0.25) is 9.78 Å². The highest BCUT2D eigenvalue weighted by atomic mass is 32.2. The smallest absolute Gasteiger partial charge is 0.288 e. The molecule has 0 bridgehead atoms. The molecule has 0 atom stereocenters. The Morgan fingerprint density at radius 2 is 2.00 bits per heavy atom. The van der Waals surface area contributed by atoms with Crippen molar-refractivity contribution in [3.63, 3.8) is 0 Å². The summed E-state index contributed by atoms with van der Waals surface area (Å²) >= 11 is 0.433. The Hall–Kier alpha value is -2.74. The molecule has 3 aromatic rings. The van der Waals surface area contributed by atoms with E-state index in [4.69, 9.17) is 0 Å². The largest absolute Gasteiger partial charge is 0.322 e. The molecule has 1 aromatic carbocycles. The number of alkyl halides is 2. The monoisotopic (exact) mass is 360 g/mol. The fraction of sp³-hybridized carbons (Fsp3) is 0.118. The van der Waals surface area contributed by atoms with E-state index in [1.807, 2.05) is 0 Å². The van der Waals surface area contributed by atoms with Crippen LogP contribution in [-0.2, 0) is 0 Å². The molecule has 2 heterocycles. The second-order valence-corrected chi connectivity index (χ2v) is 6.18. The lowest BCUT2D eigenvalue weighted by Crippen LogP contribution is -2.13. The summed E-state index contributed by atoms with van der Waals surface area (Å²) in [6, 6.07) is 9.92. The minimum atomic E-state index is -2.51. The van der Waals surface area contributed by atoms with Crippen LogP contribution < -0.4 is 5.32 Å². The van der Waals surface area contributed by atoms with Gasteiger partial charge in [0.05, 0.1) is 23.1 Å². The van der Waals surface area contributed by atoms with Gasteiger partial charge < -0.3 is 5.32 Å². The van der Waals surface area contributed by atoms with Crippen molar-refractivity contribution in [2.75, 3.05) is 5.32 Å². The quantitative estimate of drug-likeness (QED) is 0.695. The van der Waals surface area contributed by atoms with Crippen LogP contribution in [0.1, 0.15) is 16.1 Å². The summed E-state index contributed by atoms with van der Waals surface area (Å²) in [5.74, 6) is -2.86. The first-order valence-corrected chi connectivity index (χ1v) is 8.24. The Bertz CT molecular complexity index is 883. The van der Waals surface area contributed by atoms with Gasteiger partial charge in [-0.25, -0.2) is 4.68 Å². The molecule has 0 fully saturated rings. The molecule has 0 saturated heterocycles. The molecular formula is C17H14F2N4OS. The van der Waals surface area contributed by atoms with Crippen molar-refractivity contribution in [3.8, 4) is 5.69 Å². The molecule has 0 spiro atoms. The summed E-state index contributed by atoms with van der Waals surface area (Å²) in [7, 11) is 0. The van der Waals surface area contributed by atoms with E-state index in [9.17, 15) is 13.6 Å². The lowest BCUT2D eigenvalue weighted by molar-refractivity contribution is 0.102. The van der Waals surface area contributed by atoms with Crippen molar-refractivity contribution in [2.45, 2.75) is 17.6 Å². The zero-order valence-electron chi connectivity index (χ0n) is 13.2. The maximum atomic E-state index is 12.5. The van der Waals surface area contributed by atoms with Crippen LogP contribution in [0.2, 0.25) is 0 Å². The lowest BCUT2D eigenvalue weighted by Gasteiger charge is -2.08. The third-order valence-corrected chi connectivity index (χ3v) is 4.18. The third-order valence-electron chi connectivity index (χ3n) is 3.48. The number of anilines is 1. The molecule has 1 amide bonds. The van der Waals surface area contributed by atoms with Gasteiger partial charge in [-0.05, 0) is 37.3 Å². The summed E-state index contributed by atoms with van der Waals surface area (Å²) in [6.07, 6.45) is 4.76. The molecule has 0 aliphatic heterocycles. The number of nitrogens with zero attached hydrogens (tertiary/aromatic N) is 3. The van der Waals surface area contributed by atoms with E-state index in [-0.39, 0.29) is 5.91 Å². The lowest BCUT2D eigenvalue weighted by atomic mass is 10.2. The van der Waals surface area contributed by atoms with Crippen LogP contribution in [-0.4, -0.2) is 26.4 Å². The van der Waals surface area contributed by atoms with Crippen molar-refractivity contribution in [1.82, 2.24) is 14.8 Å². The summed E-state index contributed by atoms with van der Waals surface area (Å²) in [4.78, 5) is 16.8. The van der Waals surface area contributed by atoms with Gasteiger partial charge in [-0.2, -0.15) is 13.9 Å². The second kappa shape index (κ2) is 7.43. The van der Waals surface area contributed by atoms with Gasteiger partial charge in [0.1, 0.15) is 0 Å². The number of halogens is 2. The van der Waals surface area contributed by atoms with E-state index < -0.39 is 5.76 Å². The minimum absolute atomic E-state index is 0.350. The highest BCUT2D eigenvalue weighted by Crippen LogP contribution is 2.27. The predicted molar refractivity (Wildman–Crippen MR) is 92.4 cm³/mol. The molecule has 0 aliphatic rings. The van der Waals surface area contributed by atoms with E-state index >= 15 is 0 Å². The van der Waals surface area contributed by atoms with Crippen LogP contribution in [0.15, 0.2) is 59.9 Å². The number of carbonyl (C=O) groups excluding carboxylic acids is 1. The maximum absolute atomic E-state index is 12.5. The molecule has 5 nitrogen and oxygen atoms in total. The zero-order valence-corrected chi connectivity index (χ0v) is 14.0. The van der Waals surface area contributed by atoms with Gasteiger partial charge in [0.25, 0.3) is 11.7 Å². The average Bonchev–Trinajstić information content (AvgIpc) is 2.97. The Labute approximate surface area is 147 Å². The fourth-order valence-electron chi connectivity index (χ4n) is 2.33. The molecular weight excluding hydrogens is 346 g/mol. The van der Waals surface area contributed by atoms with Crippen molar-refractivity contribution >= 4 is 23.4 Å². The minimum Gasteiger partial charge on any atom is -0.322 e. The van der Waals surface area contributed by atoms with Crippen molar-refractivity contribution in [1.29, 1.82) is 0 Å². The van der Waals surface area contributed by atoms with E-state index in [1.165, 1.54) is 12.3 Å². The van der Waals surface area contributed by atoms with Gasteiger partial charge in [-0.15, -0.1) is 0 Å². The first-order chi connectivity index (χ1) is 12.0. The molecule has 0 unspecified atom stereocenters. The molecule has 0 saturated carbocycles. The van der Waals surface area contributed by atoms with Crippen molar-refractivity contribution in [2.24, 2.45) is 0 Å². The summed E-state index contributed by atoms with van der Waals surface area (Å²) in [5, 5.41) is 6.94. The summed E-state index contributed by atoms with van der Waals surface area (Å²) < 4.78 is 26.6. The second-order valence-electron chi connectivity index (χ2n) is 5.12. The highest BCUT2D eigenvalue weighted by molar-refractivity contribution is 7.99. The molecule has 8 heteroatoms. The van der Waals surface area contributed by atoms with Crippen LogP contribution >= 0.6 is 11.8 Å². The van der Waals surface area contributed by atoms with Crippen LogP contribution in [0, 0.1) is 6.92 Å². The Kier molecular flexibility index (Phi) is 5.08. The Balaban J connectivity index is 1.80. The van der Waals surface area contributed by atoms with Gasteiger partial charge in [-0.1, -0.05) is 17.8 Å². The molecule has 3 rings (SSSR count). The first kappa shape index (κ1) is 17.1. The van der Waals surface area contributed by atoms with E-state index in [1.54, 1.807) is 54.3 Å². The Morgan fingerprint density at radius 3 is 2.72 bits per heavy atom. The van der Waals surface area contributed by atoms with Gasteiger partial charge in [0.2, 0.25) is 0 Å². The summed E-state index contributed by atoms with van der Waals surface area (Å²) in [5.41, 5.74) is 2.32. The molecule has 1 N–H and O–H groups in total. The molecule has 128 valence electrons. The van der Waals surface area contributed by atoms with Gasteiger partial charge in [0, 0.05) is 23.0 Å². The number of benzene rings is 1.